The Labute approximate surface area is 91.5 Å². The summed E-state index contributed by atoms with van der Waals surface area (Å²) in [5.41, 5.74) is 0.192. The van der Waals surface area contributed by atoms with Crippen LogP contribution in [-0.4, -0.2) is 25.2 Å². The van der Waals surface area contributed by atoms with Gasteiger partial charge in [-0.15, -0.1) is 0 Å². The molecule has 1 rings (SSSR count). The second-order valence-electron chi connectivity index (χ2n) is 3.46. The van der Waals surface area contributed by atoms with E-state index in [-0.39, 0.29) is 5.56 Å². The highest BCUT2D eigenvalue weighted by Gasteiger charge is 2.42. The number of alkyl halides is 3. The van der Waals surface area contributed by atoms with Crippen molar-refractivity contribution in [3.05, 3.63) is 34.9 Å². The third-order valence-electron chi connectivity index (χ3n) is 2.01. The van der Waals surface area contributed by atoms with Gasteiger partial charge in [-0.05, 0) is 31.8 Å². The molecule has 0 amide bonds. The Morgan fingerprint density at radius 3 is 1.93 bits per heavy atom. The number of nitrogens with zero attached hydrogens (tertiary/aromatic N) is 1. The van der Waals surface area contributed by atoms with Crippen molar-refractivity contribution in [2.24, 2.45) is 0 Å². The lowest BCUT2D eigenvalue weighted by Gasteiger charge is -2.26. The van der Waals surface area contributed by atoms with Gasteiger partial charge in [-0.1, -0.05) is 23.7 Å². The molecule has 84 valence electrons. The first-order valence-corrected chi connectivity index (χ1v) is 4.69. The van der Waals surface area contributed by atoms with Crippen molar-refractivity contribution in [1.82, 2.24) is 4.90 Å². The fourth-order valence-electron chi connectivity index (χ4n) is 1.42. The van der Waals surface area contributed by atoms with Crippen LogP contribution in [0.5, 0.6) is 0 Å². The molecule has 0 spiro atoms. The third-order valence-corrected chi connectivity index (χ3v) is 2.26. The lowest BCUT2D eigenvalue weighted by molar-refractivity contribution is -0.179. The Morgan fingerprint density at radius 2 is 1.60 bits per heavy atom. The van der Waals surface area contributed by atoms with Gasteiger partial charge >= 0.3 is 6.18 Å². The number of rotatable bonds is 2. The fraction of sp³-hybridized carbons (Fsp3) is 0.400. The van der Waals surface area contributed by atoms with Gasteiger partial charge in [0, 0.05) is 5.02 Å². The zero-order valence-corrected chi connectivity index (χ0v) is 9.10. The van der Waals surface area contributed by atoms with E-state index in [1.54, 1.807) is 0 Å². The van der Waals surface area contributed by atoms with Gasteiger partial charge in [0.05, 0.1) is 0 Å². The van der Waals surface area contributed by atoms with Crippen LogP contribution in [0.2, 0.25) is 5.02 Å². The van der Waals surface area contributed by atoms with E-state index >= 15 is 0 Å². The van der Waals surface area contributed by atoms with Crippen LogP contribution in [0.25, 0.3) is 0 Å². The molecule has 0 aliphatic rings. The molecule has 0 aliphatic carbocycles. The predicted molar refractivity (Wildman–Crippen MR) is 53.9 cm³/mol. The van der Waals surface area contributed by atoms with Crippen LogP contribution in [0.15, 0.2) is 24.3 Å². The lowest BCUT2D eigenvalue weighted by atomic mass is 10.1. The Bertz CT molecular complexity index is 318. The van der Waals surface area contributed by atoms with Crippen molar-refractivity contribution < 1.29 is 13.2 Å². The van der Waals surface area contributed by atoms with Gasteiger partial charge in [0.1, 0.15) is 6.04 Å². The SMILES string of the molecule is CN(C)C(c1ccc(Cl)cc1)C(F)(F)F. The van der Waals surface area contributed by atoms with Gasteiger partial charge in [0.15, 0.2) is 0 Å². The normalized spacial score (nSPS) is 14.3. The van der Waals surface area contributed by atoms with Gasteiger partial charge in [-0.2, -0.15) is 13.2 Å². The minimum atomic E-state index is -4.28. The van der Waals surface area contributed by atoms with E-state index in [0.29, 0.717) is 5.02 Å². The zero-order valence-electron chi connectivity index (χ0n) is 8.35. The van der Waals surface area contributed by atoms with Gasteiger partial charge in [0.25, 0.3) is 0 Å². The molecule has 0 saturated carbocycles. The van der Waals surface area contributed by atoms with Gasteiger partial charge in [-0.25, -0.2) is 0 Å². The summed E-state index contributed by atoms with van der Waals surface area (Å²) >= 11 is 5.62. The standard InChI is InChI=1S/C10H11ClF3N/c1-15(2)9(10(12,13)14)7-3-5-8(11)6-4-7/h3-6,9H,1-2H3. The summed E-state index contributed by atoms with van der Waals surface area (Å²) in [7, 11) is 2.79. The van der Waals surface area contributed by atoms with E-state index in [4.69, 9.17) is 11.6 Å². The van der Waals surface area contributed by atoms with E-state index in [9.17, 15) is 13.2 Å². The zero-order chi connectivity index (χ0) is 11.6. The molecule has 1 aromatic carbocycles. The summed E-state index contributed by atoms with van der Waals surface area (Å²) in [6, 6.07) is 4.11. The summed E-state index contributed by atoms with van der Waals surface area (Å²) in [5.74, 6) is 0. The minimum absolute atomic E-state index is 0.192. The number of halogens is 4. The highest BCUT2D eigenvalue weighted by atomic mass is 35.5. The number of hydrogen-bond acceptors (Lipinski definition) is 1. The first kappa shape index (κ1) is 12.3. The highest BCUT2D eigenvalue weighted by Crippen LogP contribution is 2.36. The Kier molecular flexibility index (Phi) is 3.62. The molecule has 0 saturated heterocycles. The smallest absolute Gasteiger partial charge is 0.295 e. The largest absolute Gasteiger partial charge is 0.408 e. The highest BCUT2D eigenvalue weighted by molar-refractivity contribution is 6.30. The maximum atomic E-state index is 12.7. The Balaban J connectivity index is 3.05. The molecule has 0 fully saturated rings. The van der Waals surface area contributed by atoms with Gasteiger partial charge < -0.3 is 0 Å². The Hall–Kier alpha value is -0.740. The van der Waals surface area contributed by atoms with Gasteiger partial charge in [-0.3, -0.25) is 4.90 Å². The monoisotopic (exact) mass is 237 g/mol. The topological polar surface area (TPSA) is 3.24 Å². The molecule has 1 atom stereocenters. The molecule has 0 aromatic heterocycles. The molecular formula is C10H11ClF3N. The van der Waals surface area contributed by atoms with Crippen molar-refractivity contribution in [3.63, 3.8) is 0 Å². The third kappa shape index (κ3) is 3.11. The van der Waals surface area contributed by atoms with Crippen molar-refractivity contribution in [3.8, 4) is 0 Å². The van der Waals surface area contributed by atoms with Crippen LogP contribution in [-0.2, 0) is 0 Å². The molecule has 0 radical (unpaired) electrons. The van der Waals surface area contributed by atoms with E-state index in [1.807, 2.05) is 0 Å². The van der Waals surface area contributed by atoms with Crippen LogP contribution < -0.4 is 0 Å². The summed E-state index contributed by atoms with van der Waals surface area (Å²) in [4.78, 5) is 1.13. The second kappa shape index (κ2) is 4.41. The summed E-state index contributed by atoms with van der Waals surface area (Å²) in [6.45, 7) is 0. The molecule has 0 heterocycles. The van der Waals surface area contributed by atoms with E-state index in [0.717, 1.165) is 4.90 Å². The summed E-state index contributed by atoms with van der Waals surface area (Å²) in [6.07, 6.45) is -4.28. The first-order chi connectivity index (χ1) is 6.82. The molecule has 5 heteroatoms. The molecule has 0 bridgehead atoms. The van der Waals surface area contributed by atoms with Gasteiger partial charge in [0.2, 0.25) is 0 Å². The van der Waals surface area contributed by atoms with Crippen molar-refractivity contribution in [1.29, 1.82) is 0 Å². The van der Waals surface area contributed by atoms with Crippen molar-refractivity contribution >= 4 is 11.6 Å². The maximum Gasteiger partial charge on any atom is 0.408 e. The van der Waals surface area contributed by atoms with E-state index in [2.05, 4.69) is 0 Å². The fourth-order valence-corrected chi connectivity index (χ4v) is 1.55. The van der Waals surface area contributed by atoms with Crippen LogP contribution in [0.3, 0.4) is 0 Å². The molecule has 1 nitrogen and oxygen atoms in total. The van der Waals surface area contributed by atoms with Crippen LogP contribution in [0, 0.1) is 0 Å². The molecule has 0 N–H and O–H groups in total. The molecule has 15 heavy (non-hydrogen) atoms. The van der Waals surface area contributed by atoms with Crippen LogP contribution in [0.1, 0.15) is 11.6 Å². The van der Waals surface area contributed by atoms with E-state index < -0.39 is 12.2 Å². The van der Waals surface area contributed by atoms with Crippen LogP contribution in [0.4, 0.5) is 13.2 Å². The van der Waals surface area contributed by atoms with Crippen molar-refractivity contribution in [2.45, 2.75) is 12.2 Å². The molecule has 1 aromatic rings. The average Bonchev–Trinajstić information content (AvgIpc) is 2.05. The predicted octanol–water partition coefficient (Wildman–Crippen LogP) is 3.51. The number of hydrogen-bond donors (Lipinski definition) is 0. The lowest BCUT2D eigenvalue weighted by Crippen LogP contribution is -2.33. The molecule has 0 aliphatic heterocycles. The second-order valence-corrected chi connectivity index (χ2v) is 3.90. The van der Waals surface area contributed by atoms with Crippen LogP contribution >= 0.6 is 11.6 Å². The number of benzene rings is 1. The average molecular weight is 238 g/mol. The first-order valence-electron chi connectivity index (χ1n) is 4.31. The summed E-state index contributed by atoms with van der Waals surface area (Å²) < 4.78 is 38.0. The maximum absolute atomic E-state index is 12.7. The van der Waals surface area contributed by atoms with Crippen molar-refractivity contribution in [2.75, 3.05) is 14.1 Å². The minimum Gasteiger partial charge on any atom is -0.295 e. The quantitative estimate of drug-likeness (QED) is 0.761. The summed E-state index contributed by atoms with van der Waals surface area (Å²) in [5, 5.41) is 0.429. The van der Waals surface area contributed by atoms with E-state index in [1.165, 1.54) is 38.4 Å². The Morgan fingerprint density at radius 1 is 1.13 bits per heavy atom. The molecule has 1 unspecified atom stereocenters. The molecular weight excluding hydrogens is 227 g/mol.